The van der Waals surface area contributed by atoms with E-state index in [1.165, 1.54) is 4.31 Å². The molecule has 1 fully saturated rings. The van der Waals surface area contributed by atoms with Gasteiger partial charge in [-0.15, -0.1) is 10.2 Å². The van der Waals surface area contributed by atoms with Crippen molar-refractivity contribution in [1.29, 1.82) is 0 Å². The molecule has 8 nitrogen and oxygen atoms in total. The Hall–Kier alpha value is -3.30. The smallest absolute Gasteiger partial charge is 0.311 e. The minimum atomic E-state index is -9.79. The lowest BCUT2D eigenvalue weighted by atomic mass is 10.1. The molecule has 5 rings (SSSR count). The number of pyridine rings is 2. The molecule has 0 saturated carbocycles. The van der Waals surface area contributed by atoms with Gasteiger partial charge in [0.2, 0.25) is 10.0 Å². The Morgan fingerprint density at radius 3 is 2.12 bits per heavy atom. The molecule has 0 atom stereocenters. The van der Waals surface area contributed by atoms with Gasteiger partial charge in [-0.2, -0.15) is 4.31 Å². The van der Waals surface area contributed by atoms with Crippen LogP contribution in [-0.4, -0.2) is 51.4 Å². The molecule has 4 aromatic rings. The topological polar surface area (TPSA) is 92.5 Å². The number of sulfonamides is 1. The SMILES string of the molecule is CC(C)c1nnc2ccc(-c3ccc(S(=O)(=O)N4CCC(Nc5ccc(S(F)(F)(F)(F)F)cn5)CC4)cc3)cn12. The molecule has 216 valence electrons. The second-order valence-corrected chi connectivity index (χ2v) is 14.4. The molecule has 0 radical (unpaired) electrons. The maximum Gasteiger partial charge on any atom is 0.311 e. The van der Waals surface area contributed by atoms with Crippen molar-refractivity contribution in [2.24, 2.45) is 0 Å². The molecule has 40 heavy (non-hydrogen) atoms. The van der Waals surface area contributed by atoms with Crippen molar-refractivity contribution in [2.45, 2.75) is 48.4 Å². The van der Waals surface area contributed by atoms with E-state index in [0.29, 0.717) is 18.9 Å². The first-order valence-electron chi connectivity index (χ1n) is 12.4. The van der Waals surface area contributed by atoms with Crippen LogP contribution in [0.4, 0.5) is 25.2 Å². The van der Waals surface area contributed by atoms with Crippen LogP contribution in [0.5, 0.6) is 0 Å². The molecule has 0 aliphatic carbocycles. The van der Waals surface area contributed by atoms with Crippen molar-refractivity contribution in [3.63, 3.8) is 0 Å². The van der Waals surface area contributed by atoms with Gasteiger partial charge in [0.1, 0.15) is 16.5 Å². The number of nitrogens with one attached hydrogen (secondary N) is 1. The number of hydrogen-bond donors (Lipinski definition) is 1. The van der Waals surface area contributed by atoms with Gasteiger partial charge in [0.15, 0.2) is 5.65 Å². The van der Waals surface area contributed by atoms with Crippen LogP contribution in [0.1, 0.15) is 38.4 Å². The van der Waals surface area contributed by atoms with Crippen molar-refractivity contribution in [2.75, 3.05) is 18.4 Å². The normalized spacial score (nSPS) is 17.6. The van der Waals surface area contributed by atoms with E-state index in [9.17, 15) is 27.8 Å². The van der Waals surface area contributed by atoms with E-state index in [2.05, 4.69) is 20.5 Å². The van der Waals surface area contributed by atoms with Gasteiger partial charge in [-0.25, -0.2) is 13.4 Å². The predicted molar refractivity (Wildman–Crippen MR) is 144 cm³/mol. The molecule has 1 aliphatic rings. The summed E-state index contributed by atoms with van der Waals surface area (Å²) in [5, 5.41) is 11.3. The van der Waals surface area contributed by atoms with E-state index in [4.69, 9.17) is 0 Å². The number of nitrogens with zero attached hydrogens (tertiary/aromatic N) is 5. The molecule has 1 N–H and O–H groups in total. The summed E-state index contributed by atoms with van der Waals surface area (Å²) in [4.78, 5) is 1.57. The Morgan fingerprint density at radius 2 is 1.55 bits per heavy atom. The largest absolute Gasteiger partial charge is 0.367 e. The molecule has 1 saturated heterocycles. The van der Waals surface area contributed by atoms with Gasteiger partial charge < -0.3 is 5.32 Å². The third kappa shape index (κ3) is 5.76. The van der Waals surface area contributed by atoms with Gasteiger partial charge in [0.25, 0.3) is 0 Å². The first-order chi connectivity index (χ1) is 18.5. The van der Waals surface area contributed by atoms with Crippen LogP contribution < -0.4 is 5.32 Å². The minimum absolute atomic E-state index is 0.00710. The molecule has 0 amide bonds. The summed E-state index contributed by atoms with van der Waals surface area (Å²) < 4.78 is 94.3. The highest BCUT2D eigenvalue weighted by Crippen LogP contribution is 3.02. The summed E-state index contributed by atoms with van der Waals surface area (Å²) in [7, 11) is -13.6. The van der Waals surface area contributed by atoms with E-state index in [-0.39, 0.29) is 42.0 Å². The fraction of sp³-hybridized carbons (Fsp3) is 0.320. The maximum absolute atomic E-state index is 13.2. The summed E-state index contributed by atoms with van der Waals surface area (Å²) in [5.74, 6) is 1.01. The average molecular weight is 603 g/mol. The number of halogens is 5. The zero-order valence-corrected chi connectivity index (χ0v) is 23.1. The van der Waals surface area contributed by atoms with Gasteiger partial charge in [-0.1, -0.05) is 45.4 Å². The molecule has 4 heterocycles. The number of hydrogen-bond acceptors (Lipinski definition) is 6. The van der Waals surface area contributed by atoms with Crippen LogP contribution in [0.25, 0.3) is 16.8 Å². The molecule has 0 unspecified atom stereocenters. The van der Waals surface area contributed by atoms with Gasteiger partial charge in [0.05, 0.1) is 11.1 Å². The fourth-order valence-corrected chi connectivity index (χ4v) is 6.63. The zero-order chi connectivity index (χ0) is 29.0. The van der Waals surface area contributed by atoms with Crippen molar-refractivity contribution in [3.05, 3.63) is 66.7 Å². The summed E-state index contributed by atoms with van der Waals surface area (Å²) in [5.41, 5.74) is 2.43. The van der Waals surface area contributed by atoms with Crippen LogP contribution >= 0.6 is 10.2 Å². The number of benzene rings is 1. The lowest BCUT2D eigenvalue weighted by molar-refractivity contribution is 0.329. The van der Waals surface area contributed by atoms with E-state index in [1.807, 2.05) is 36.6 Å². The van der Waals surface area contributed by atoms with Crippen molar-refractivity contribution in [1.82, 2.24) is 23.9 Å². The second-order valence-electron chi connectivity index (χ2n) is 10.1. The zero-order valence-electron chi connectivity index (χ0n) is 21.5. The van der Waals surface area contributed by atoms with E-state index in [0.717, 1.165) is 28.7 Å². The van der Waals surface area contributed by atoms with Crippen LogP contribution in [0.3, 0.4) is 0 Å². The van der Waals surface area contributed by atoms with Crippen LogP contribution in [-0.2, 0) is 10.0 Å². The van der Waals surface area contributed by atoms with Gasteiger partial charge in [0, 0.05) is 31.2 Å². The Labute approximate surface area is 228 Å². The predicted octanol–water partition coefficient (Wildman–Crippen LogP) is 6.84. The van der Waals surface area contributed by atoms with E-state index >= 15 is 0 Å². The molecular formula is C25H27F5N6O2S2. The number of anilines is 1. The monoisotopic (exact) mass is 602 g/mol. The standard InChI is InChI=1S/C25H27F5N6O2S2/c1-17(2)25-34-33-24-10-5-19(16-36(24)25)18-3-6-21(7-4-18)39(37,38)35-13-11-20(12-14-35)32-23-9-8-22(15-31-23)40(26,27,28,29)30/h3-10,15-17,20H,11-14H2,1-2H3,(H,31,32). The van der Waals surface area contributed by atoms with Crippen molar-refractivity contribution < 1.29 is 27.8 Å². The average Bonchev–Trinajstić information content (AvgIpc) is 3.32. The lowest BCUT2D eigenvalue weighted by Crippen LogP contribution is -2.42. The molecular weight excluding hydrogens is 575 g/mol. The number of piperidine rings is 1. The number of fused-ring (bicyclic) bond motifs is 1. The highest BCUT2D eigenvalue weighted by Gasteiger charge is 2.65. The summed E-state index contributed by atoms with van der Waals surface area (Å²) in [6, 6.07) is 11.2. The first kappa shape index (κ1) is 28.2. The highest BCUT2D eigenvalue weighted by molar-refractivity contribution is 8.45. The van der Waals surface area contributed by atoms with E-state index in [1.54, 1.807) is 24.3 Å². The van der Waals surface area contributed by atoms with E-state index < -0.39 is 25.1 Å². The Morgan fingerprint density at radius 1 is 0.900 bits per heavy atom. The van der Waals surface area contributed by atoms with Crippen molar-refractivity contribution >= 4 is 31.7 Å². The molecule has 3 aromatic heterocycles. The van der Waals surface area contributed by atoms with Crippen molar-refractivity contribution in [3.8, 4) is 11.1 Å². The number of rotatable bonds is 7. The molecule has 0 bridgehead atoms. The molecule has 1 aromatic carbocycles. The Kier molecular flexibility index (Phi) is 6.43. The summed E-state index contributed by atoms with van der Waals surface area (Å²) in [6.07, 6.45) is 2.75. The second kappa shape index (κ2) is 9.11. The van der Waals surface area contributed by atoms with Crippen LogP contribution in [0, 0.1) is 0 Å². The maximum atomic E-state index is 13.2. The highest BCUT2D eigenvalue weighted by atomic mass is 32.5. The lowest BCUT2D eigenvalue weighted by Gasteiger charge is -2.40. The van der Waals surface area contributed by atoms with Crippen LogP contribution in [0.15, 0.2) is 70.7 Å². The van der Waals surface area contributed by atoms with Crippen LogP contribution in [0.2, 0.25) is 0 Å². The van der Waals surface area contributed by atoms with Gasteiger partial charge in [-0.05, 0) is 60.4 Å². The Bertz CT molecular complexity index is 1650. The first-order valence-corrected chi connectivity index (χ1v) is 15.8. The van der Waals surface area contributed by atoms with Gasteiger partial charge in [-0.3, -0.25) is 4.40 Å². The quantitative estimate of drug-likeness (QED) is 0.233. The summed E-state index contributed by atoms with van der Waals surface area (Å²) >= 11 is 0. The van der Waals surface area contributed by atoms with Gasteiger partial charge >= 0.3 is 10.2 Å². The minimum Gasteiger partial charge on any atom is -0.367 e. The molecule has 1 aliphatic heterocycles. The Balaban J connectivity index is 1.24. The number of aromatic nitrogens is 4. The summed E-state index contributed by atoms with van der Waals surface area (Å²) in [6.45, 7) is 4.40. The third-order valence-corrected chi connectivity index (χ3v) is 9.80. The molecule has 15 heteroatoms. The molecule has 0 spiro atoms. The third-order valence-electron chi connectivity index (χ3n) is 6.76. The fourth-order valence-electron chi connectivity index (χ4n) is 4.58.